The molecule has 0 bridgehead atoms. The monoisotopic (exact) mass is 545 g/mol. The summed E-state index contributed by atoms with van der Waals surface area (Å²) >= 11 is 12.3. The van der Waals surface area contributed by atoms with Crippen molar-refractivity contribution in [3.63, 3.8) is 0 Å². The van der Waals surface area contributed by atoms with Gasteiger partial charge in [0.15, 0.2) is 0 Å². The van der Waals surface area contributed by atoms with E-state index >= 15 is 0 Å². The van der Waals surface area contributed by atoms with Crippen LogP contribution in [0.3, 0.4) is 0 Å². The first kappa shape index (κ1) is 27.9. The van der Waals surface area contributed by atoms with Gasteiger partial charge in [0.05, 0.1) is 17.7 Å². The summed E-state index contributed by atoms with van der Waals surface area (Å²) in [5.74, 6) is -0.585. The van der Waals surface area contributed by atoms with E-state index < -0.39 is 22.5 Å². The molecule has 9 heteroatoms. The Hall–Kier alpha value is -2.71. The van der Waals surface area contributed by atoms with Gasteiger partial charge < -0.3 is 0 Å². The summed E-state index contributed by atoms with van der Waals surface area (Å²) in [5.41, 5.74) is 5.88. The van der Waals surface area contributed by atoms with Gasteiger partial charge in [0, 0.05) is 16.6 Å². The number of benzene rings is 3. The molecule has 3 aromatic rings. The minimum atomic E-state index is -4.00. The zero-order valence-corrected chi connectivity index (χ0v) is 23.0. The molecule has 3 aromatic carbocycles. The minimum absolute atomic E-state index is 0.0310. The number of hydrogen-bond acceptors (Lipinski definition) is 4. The molecule has 0 fully saturated rings. The van der Waals surface area contributed by atoms with E-state index in [4.69, 9.17) is 23.2 Å². The standard InChI is InChI=1S/C27H29Cl2N3O3S/c1-19-5-13-24(14-6-19)36(34,35)32(17-21-9-12-23(28)15-25(21)29)18-26(33)31-30-16-20-7-10-22(11-8-20)27(2,3)4/h5-16H,17-18H2,1-4H3,(H,31,33)/b30-16-. The molecule has 190 valence electrons. The molecule has 0 unspecified atom stereocenters. The summed E-state index contributed by atoms with van der Waals surface area (Å²) in [7, 11) is -4.00. The van der Waals surface area contributed by atoms with Crippen molar-refractivity contribution < 1.29 is 13.2 Å². The van der Waals surface area contributed by atoms with Gasteiger partial charge >= 0.3 is 0 Å². The highest BCUT2D eigenvalue weighted by atomic mass is 35.5. The van der Waals surface area contributed by atoms with Crippen molar-refractivity contribution in [2.24, 2.45) is 5.10 Å². The van der Waals surface area contributed by atoms with E-state index in [1.54, 1.807) is 24.3 Å². The third-order valence-electron chi connectivity index (χ3n) is 5.52. The predicted octanol–water partition coefficient (Wildman–Crippen LogP) is 5.94. The zero-order chi connectivity index (χ0) is 26.5. The van der Waals surface area contributed by atoms with E-state index in [0.29, 0.717) is 15.6 Å². The number of nitrogens with one attached hydrogen (secondary N) is 1. The molecule has 0 saturated carbocycles. The summed E-state index contributed by atoms with van der Waals surface area (Å²) in [6.45, 7) is 7.69. The topological polar surface area (TPSA) is 78.8 Å². The lowest BCUT2D eigenvalue weighted by Crippen LogP contribution is -2.39. The molecule has 36 heavy (non-hydrogen) atoms. The highest BCUT2D eigenvalue weighted by Crippen LogP contribution is 2.25. The van der Waals surface area contributed by atoms with E-state index in [2.05, 4.69) is 31.3 Å². The van der Waals surface area contributed by atoms with Crippen LogP contribution in [-0.2, 0) is 26.8 Å². The maximum absolute atomic E-state index is 13.4. The molecule has 0 aliphatic rings. The predicted molar refractivity (Wildman–Crippen MR) is 146 cm³/mol. The summed E-state index contributed by atoms with van der Waals surface area (Å²) in [6.07, 6.45) is 1.51. The Labute approximate surface area is 223 Å². The lowest BCUT2D eigenvalue weighted by Gasteiger charge is -2.22. The maximum atomic E-state index is 13.4. The van der Waals surface area contributed by atoms with Gasteiger partial charge in [-0.05, 0) is 53.3 Å². The Balaban J connectivity index is 1.78. The Kier molecular flexibility index (Phi) is 8.95. The van der Waals surface area contributed by atoms with Crippen LogP contribution in [0, 0.1) is 6.92 Å². The van der Waals surface area contributed by atoms with Crippen LogP contribution in [0.4, 0.5) is 0 Å². The molecule has 1 amide bonds. The molecule has 0 heterocycles. The molecule has 3 rings (SSSR count). The number of aryl methyl sites for hydroxylation is 1. The second-order valence-corrected chi connectivity index (χ2v) is 12.3. The average molecular weight is 547 g/mol. The van der Waals surface area contributed by atoms with Gasteiger partial charge in [0.25, 0.3) is 5.91 Å². The number of carbonyl (C=O) groups excluding carboxylic acids is 1. The normalized spacial score (nSPS) is 12.3. The number of sulfonamides is 1. The lowest BCUT2D eigenvalue weighted by atomic mass is 9.87. The fourth-order valence-electron chi connectivity index (χ4n) is 3.37. The molecule has 0 saturated heterocycles. The molecular formula is C27H29Cl2N3O3S. The summed E-state index contributed by atoms with van der Waals surface area (Å²) in [6, 6.07) is 19.1. The van der Waals surface area contributed by atoms with Gasteiger partial charge in [0.2, 0.25) is 10.0 Å². The van der Waals surface area contributed by atoms with Crippen LogP contribution in [0.2, 0.25) is 10.0 Å². The van der Waals surface area contributed by atoms with E-state index in [-0.39, 0.29) is 16.9 Å². The van der Waals surface area contributed by atoms with Crippen LogP contribution in [0.5, 0.6) is 0 Å². The van der Waals surface area contributed by atoms with Gasteiger partial charge in [-0.25, -0.2) is 13.8 Å². The smallest absolute Gasteiger partial charge is 0.255 e. The largest absolute Gasteiger partial charge is 0.272 e. The molecule has 0 aromatic heterocycles. The summed E-state index contributed by atoms with van der Waals surface area (Å²) in [5, 5.41) is 4.74. The van der Waals surface area contributed by atoms with Crippen molar-refractivity contribution in [3.8, 4) is 0 Å². The van der Waals surface area contributed by atoms with Gasteiger partial charge in [-0.2, -0.15) is 9.41 Å². The maximum Gasteiger partial charge on any atom is 0.255 e. The fraction of sp³-hybridized carbons (Fsp3) is 0.259. The summed E-state index contributed by atoms with van der Waals surface area (Å²) < 4.78 is 27.9. The second kappa shape index (κ2) is 11.6. The number of amides is 1. The summed E-state index contributed by atoms with van der Waals surface area (Å²) in [4.78, 5) is 12.8. The number of rotatable bonds is 8. The highest BCUT2D eigenvalue weighted by molar-refractivity contribution is 7.89. The average Bonchev–Trinajstić information content (AvgIpc) is 2.80. The van der Waals surface area contributed by atoms with Gasteiger partial charge in [0.1, 0.15) is 0 Å². The molecular weight excluding hydrogens is 517 g/mol. The van der Waals surface area contributed by atoms with Gasteiger partial charge in [-0.3, -0.25) is 4.79 Å². The third-order valence-corrected chi connectivity index (χ3v) is 7.91. The molecule has 6 nitrogen and oxygen atoms in total. The molecule has 0 atom stereocenters. The SMILES string of the molecule is Cc1ccc(S(=O)(=O)N(CC(=O)N/N=C\c2ccc(C(C)(C)C)cc2)Cc2ccc(Cl)cc2Cl)cc1. The first-order valence-corrected chi connectivity index (χ1v) is 13.5. The van der Waals surface area contributed by atoms with Crippen LogP contribution >= 0.6 is 23.2 Å². The minimum Gasteiger partial charge on any atom is -0.272 e. The number of hydrogen-bond donors (Lipinski definition) is 1. The Morgan fingerprint density at radius 1 is 1.00 bits per heavy atom. The molecule has 0 spiro atoms. The van der Waals surface area contributed by atoms with Crippen molar-refractivity contribution in [2.75, 3.05) is 6.54 Å². The fourth-order valence-corrected chi connectivity index (χ4v) is 5.21. The Morgan fingerprint density at radius 3 is 2.22 bits per heavy atom. The highest BCUT2D eigenvalue weighted by Gasteiger charge is 2.27. The number of carbonyl (C=O) groups is 1. The van der Waals surface area contributed by atoms with E-state index in [1.165, 1.54) is 30.0 Å². The molecule has 0 radical (unpaired) electrons. The van der Waals surface area contributed by atoms with Crippen molar-refractivity contribution in [1.29, 1.82) is 0 Å². The lowest BCUT2D eigenvalue weighted by molar-refractivity contribution is -0.121. The number of nitrogens with zero attached hydrogens (tertiary/aromatic N) is 2. The Morgan fingerprint density at radius 2 is 1.64 bits per heavy atom. The van der Waals surface area contributed by atoms with Crippen molar-refractivity contribution in [3.05, 3.63) is 99.0 Å². The second-order valence-electron chi connectivity index (χ2n) is 9.49. The first-order chi connectivity index (χ1) is 16.9. The van der Waals surface area contributed by atoms with E-state index in [0.717, 1.165) is 15.4 Å². The van der Waals surface area contributed by atoms with Crippen LogP contribution in [-0.4, -0.2) is 31.4 Å². The van der Waals surface area contributed by atoms with Crippen molar-refractivity contribution in [1.82, 2.24) is 9.73 Å². The van der Waals surface area contributed by atoms with Crippen molar-refractivity contribution in [2.45, 2.75) is 44.6 Å². The molecule has 1 N–H and O–H groups in total. The third kappa shape index (κ3) is 7.40. The quantitative estimate of drug-likeness (QED) is 0.281. The number of halogens is 2. The van der Waals surface area contributed by atoms with Crippen LogP contribution in [0.15, 0.2) is 76.7 Å². The van der Waals surface area contributed by atoms with Crippen LogP contribution < -0.4 is 5.43 Å². The molecule has 0 aliphatic heterocycles. The van der Waals surface area contributed by atoms with Gasteiger partial charge in [-0.1, -0.05) is 92.0 Å². The van der Waals surface area contributed by atoms with Crippen molar-refractivity contribution >= 4 is 45.3 Å². The van der Waals surface area contributed by atoms with Crippen LogP contribution in [0.1, 0.15) is 43.0 Å². The Bertz CT molecular complexity index is 1350. The van der Waals surface area contributed by atoms with E-state index in [1.807, 2.05) is 31.2 Å². The zero-order valence-electron chi connectivity index (χ0n) is 20.6. The van der Waals surface area contributed by atoms with E-state index in [9.17, 15) is 13.2 Å². The number of hydrazone groups is 1. The van der Waals surface area contributed by atoms with Crippen LogP contribution in [0.25, 0.3) is 0 Å². The van der Waals surface area contributed by atoms with Gasteiger partial charge in [-0.15, -0.1) is 0 Å². The molecule has 0 aliphatic carbocycles. The first-order valence-electron chi connectivity index (χ1n) is 11.3.